The molecular formula is C28H36O9. The lowest BCUT2D eigenvalue weighted by Gasteiger charge is -2.41. The Balaban J connectivity index is 2.59. The fourth-order valence-electron chi connectivity index (χ4n) is 4.76. The first kappa shape index (κ1) is 28.0. The minimum Gasteiger partial charge on any atom is -0.504 e. The fourth-order valence-corrected chi connectivity index (χ4v) is 4.76. The van der Waals surface area contributed by atoms with E-state index in [-0.39, 0.29) is 23.0 Å². The van der Waals surface area contributed by atoms with Crippen molar-refractivity contribution < 1.29 is 43.4 Å². The van der Waals surface area contributed by atoms with E-state index in [1.807, 2.05) is 6.92 Å². The van der Waals surface area contributed by atoms with Gasteiger partial charge in [-0.25, -0.2) is 4.79 Å². The van der Waals surface area contributed by atoms with Gasteiger partial charge in [0.25, 0.3) is 0 Å². The molecular weight excluding hydrogens is 480 g/mol. The molecule has 1 aliphatic rings. The molecule has 0 aromatic heterocycles. The Hall–Kier alpha value is -3.59. The van der Waals surface area contributed by atoms with Gasteiger partial charge in [-0.1, -0.05) is 13.0 Å². The first-order chi connectivity index (χ1) is 17.5. The number of carbonyl (C=O) groups is 1. The van der Waals surface area contributed by atoms with Gasteiger partial charge in [-0.2, -0.15) is 0 Å². The summed E-state index contributed by atoms with van der Waals surface area (Å²) in [4.78, 5) is 13.0. The number of hydrogen-bond donors (Lipinski definition) is 2. The van der Waals surface area contributed by atoms with Gasteiger partial charge < -0.3 is 38.6 Å². The maximum absolute atomic E-state index is 13.0. The lowest BCUT2D eigenvalue weighted by atomic mass is 9.73. The Morgan fingerprint density at radius 1 is 0.946 bits per heavy atom. The van der Waals surface area contributed by atoms with Gasteiger partial charge in [-0.15, -0.1) is 0 Å². The molecule has 3 atom stereocenters. The van der Waals surface area contributed by atoms with Crippen LogP contribution in [0.15, 0.2) is 23.8 Å². The third kappa shape index (κ3) is 4.64. The standard InChI is InChI=1S/C28H36O9/c1-10-14(2)27(30)37-26-17-13-19(32-5)23(34-7)25(36-9)21(17)20-16(11-15(3)28(26,4)31)12-18(29)22(33-6)24(20)35-8/h10,12-13,15,26,29,31H,11H2,1-9H3. The summed E-state index contributed by atoms with van der Waals surface area (Å²) in [5.41, 5.74) is 0.942. The zero-order valence-corrected chi connectivity index (χ0v) is 22.8. The third-order valence-corrected chi connectivity index (χ3v) is 7.13. The number of methoxy groups -OCH3 is 5. The van der Waals surface area contributed by atoms with Crippen LogP contribution >= 0.6 is 0 Å². The molecule has 9 nitrogen and oxygen atoms in total. The number of fused-ring (bicyclic) bond motifs is 3. The van der Waals surface area contributed by atoms with Gasteiger partial charge in [0, 0.05) is 22.3 Å². The number of aliphatic hydroxyl groups is 1. The van der Waals surface area contributed by atoms with Crippen molar-refractivity contribution in [3.8, 4) is 45.6 Å². The quantitative estimate of drug-likeness (QED) is 0.403. The SMILES string of the molecule is CC=C(C)C(=O)OC1c2cc(OC)c(OC)c(OC)c2-c2c(cc(O)c(OC)c2OC)CC(C)C1(C)O. The van der Waals surface area contributed by atoms with Gasteiger partial charge >= 0.3 is 5.97 Å². The zero-order chi connectivity index (χ0) is 27.7. The first-order valence-corrected chi connectivity index (χ1v) is 11.9. The molecule has 3 rings (SSSR count). The van der Waals surface area contributed by atoms with Crippen LogP contribution in [-0.2, 0) is 16.0 Å². The second-order valence-corrected chi connectivity index (χ2v) is 9.19. The van der Waals surface area contributed by atoms with Gasteiger partial charge in [-0.05, 0) is 50.8 Å². The van der Waals surface area contributed by atoms with Gasteiger partial charge in [-0.3, -0.25) is 0 Å². The van der Waals surface area contributed by atoms with E-state index in [1.54, 1.807) is 39.0 Å². The zero-order valence-electron chi connectivity index (χ0n) is 22.8. The number of phenolic OH excluding ortho intramolecular Hbond substituents is 1. The highest BCUT2D eigenvalue weighted by molar-refractivity contribution is 5.90. The van der Waals surface area contributed by atoms with Crippen molar-refractivity contribution >= 4 is 5.97 Å². The minimum atomic E-state index is -1.54. The van der Waals surface area contributed by atoms with Crippen molar-refractivity contribution in [3.05, 3.63) is 34.9 Å². The molecule has 202 valence electrons. The van der Waals surface area contributed by atoms with E-state index in [9.17, 15) is 15.0 Å². The van der Waals surface area contributed by atoms with Crippen LogP contribution in [0.3, 0.4) is 0 Å². The Bertz CT molecular complexity index is 1210. The van der Waals surface area contributed by atoms with E-state index in [1.165, 1.54) is 35.5 Å². The van der Waals surface area contributed by atoms with Crippen LogP contribution in [0.4, 0.5) is 0 Å². The Kier molecular flexibility index (Phi) is 8.17. The van der Waals surface area contributed by atoms with Crippen LogP contribution in [0.2, 0.25) is 0 Å². The summed E-state index contributed by atoms with van der Waals surface area (Å²) in [6.07, 6.45) is 0.821. The average Bonchev–Trinajstić information content (AvgIpc) is 2.88. The maximum Gasteiger partial charge on any atom is 0.334 e. The summed E-state index contributed by atoms with van der Waals surface area (Å²) < 4.78 is 34.4. The van der Waals surface area contributed by atoms with Crippen LogP contribution in [0.25, 0.3) is 11.1 Å². The molecule has 0 aliphatic heterocycles. The Morgan fingerprint density at radius 2 is 1.51 bits per heavy atom. The lowest BCUT2D eigenvalue weighted by molar-refractivity contribution is -0.166. The van der Waals surface area contributed by atoms with Crippen molar-refractivity contribution in [3.63, 3.8) is 0 Å². The first-order valence-electron chi connectivity index (χ1n) is 11.9. The predicted molar refractivity (Wildman–Crippen MR) is 138 cm³/mol. The van der Waals surface area contributed by atoms with Gasteiger partial charge in [0.15, 0.2) is 29.1 Å². The number of esters is 1. The van der Waals surface area contributed by atoms with Crippen molar-refractivity contribution in [2.45, 2.75) is 45.8 Å². The number of aromatic hydroxyl groups is 1. The number of benzene rings is 2. The highest BCUT2D eigenvalue weighted by Gasteiger charge is 2.46. The molecule has 37 heavy (non-hydrogen) atoms. The van der Waals surface area contributed by atoms with Crippen LogP contribution in [0.5, 0.6) is 34.5 Å². The van der Waals surface area contributed by atoms with Crippen LogP contribution in [0, 0.1) is 5.92 Å². The van der Waals surface area contributed by atoms with Gasteiger partial charge in [0.05, 0.1) is 35.5 Å². The molecule has 0 spiro atoms. The smallest absolute Gasteiger partial charge is 0.334 e. The molecule has 0 saturated carbocycles. The Morgan fingerprint density at radius 3 is 2.03 bits per heavy atom. The van der Waals surface area contributed by atoms with Crippen LogP contribution < -0.4 is 23.7 Å². The maximum atomic E-state index is 13.0. The lowest BCUT2D eigenvalue weighted by Crippen LogP contribution is -2.44. The summed E-state index contributed by atoms with van der Waals surface area (Å²) in [6.45, 7) is 6.86. The Labute approximate surface area is 217 Å². The van der Waals surface area contributed by atoms with E-state index >= 15 is 0 Å². The van der Waals surface area contributed by atoms with E-state index in [0.717, 1.165) is 0 Å². The third-order valence-electron chi connectivity index (χ3n) is 7.13. The monoisotopic (exact) mass is 516 g/mol. The molecule has 1 aliphatic carbocycles. The van der Waals surface area contributed by atoms with E-state index in [2.05, 4.69) is 0 Å². The molecule has 3 unspecified atom stereocenters. The molecule has 0 amide bonds. The number of ether oxygens (including phenoxy) is 6. The van der Waals surface area contributed by atoms with Crippen molar-refractivity contribution in [1.29, 1.82) is 0 Å². The molecule has 0 fully saturated rings. The second kappa shape index (κ2) is 10.8. The molecule has 0 bridgehead atoms. The van der Waals surface area contributed by atoms with E-state index in [4.69, 9.17) is 28.4 Å². The molecule has 9 heteroatoms. The molecule has 2 aromatic carbocycles. The average molecular weight is 517 g/mol. The summed E-state index contributed by atoms with van der Waals surface area (Å²) in [5, 5.41) is 22.7. The number of phenols is 1. The fraction of sp³-hybridized carbons (Fsp3) is 0.464. The number of carbonyl (C=O) groups excluding carboxylic acids is 1. The number of hydrogen-bond acceptors (Lipinski definition) is 9. The predicted octanol–water partition coefficient (Wildman–Crippen LogP) is 4.60. The molecule has 0 radical (unpaired) electrons. The summed E-state index contributed by atoms with van der Waals surface area (Å²) in [7, 11) is 7.34. The topological polar surface area (TPSA) is 113 Å². The summed E-state index contributed by atoms with van der Waals surface area (Å²) in [6, 6.07) is 3.24. The molecule has 2 aromatic rings. The summed E-state index contributed by atoms with van der Waals surface area (Å²) >= 11 is 0. The molecule has 2 N–H and O–H groups in total. The van der Waals surface area contributed by atoms with Crippen molar-refractivity contribution in [1.82, 2.24) is 0 Å². The number of allylic oxidation sites excluding steroid dienone is 1. The van der Waals surface area contributed by atoms with E-state index < -0.39 is 23.6 Å². The van der Waals surface area contributed by atoms with Gasteiger partial charge in [0.1, 0.15) is 5.60 Å². The summed E-state index contributed by atoms with van der Waals surface area (Å²) in [5.74, 6) is 0.158. The molecule has 0 saturated heterocycles. The van der Waals surface area contributed by atoms with Crippen LogP contribution in [0.1, 0.15) is 44.9 Å². The van der Waals surface area contributed by atoms with Gasteiger partial charge in [0.2, 0.25) is 11.5 Å². The molecule has 0 heterocycles. The highest BCUT2D eigenvalue weighted by Crippen LogP contribution is 2.58. The largest absolute Gasteiger partial charge is 0.504 e. The second-order valence-electron chi connectivity index (χ2n) is 9.19. The normalized spacial score (nSPS) is 21.1. The van der Waals surface area contributed by atoms with Crippen molar-refractivity contribution in [2.75, 3.05) is 35.5 Å². The highest BCUT2D eigenvalue weighted by atomic mass is 16.6. The minimum absolute atomic E-state index is 0.113. The van der Waals surface area contributed by atoms with E-state index in [0.29, 0.717) is 45.7 Å². The van der Waals surface area contributed by atoms with Crippen molar-refractivity contribution in [2.24, 2.45) is 5.92 Å². The van der Waals surface area contributed by atoms with Crippen LogP contribution in [-0.4, -0.2) is 57.3 Å². The number of rotatable bonds is 7.